The van der Waals surface area contributed by atoms with Crippen molar-refractivity contribution in [1.29, 1.82) is 0 Å². The van der Waals surface area contributed by atoms with Crippen molar-refractivity contribution in [2.24, 2.45) is 0 Å². The lowest BCUT2D eigenvalue weighted by Crippen LogP contribution is -2.26. The van der Waals surface area contributed by atoms with Crippen LogP contribution in [-0.4, -0.2) is 52.1 Å². The van der Waals surface area contributed by atoms with Gasteiger partial charge in [0.15, 0.2) is 0 Å². The van der Waals surface area contributed by atoms with Crippen molar-refractivity contribution in [3.63, 3.8) is 0 Å². The third kappa shape index (κ3) is 4.51. The van der Waals surface area contributed by atoms with Gasteiger partial charge in [-0.15, -0.1) is 0 Å². The van der Waals surface area contributed by atoms with E-state index in [1.54, 1.807) is 48.5 Å². The fourth-order valence-corrected chi connectivity index (χ4v) is 2.51. The number of H-pyrrole nitrogens is 1. The molecule has 1 aromatic carbocycles. The number of benzene rings is 1. The number of amides is 1. The highest BCUT2D eigenvalue weighted by Crippen LogP contribution is 2.25. The average Bonchev–Trinajstić information content (AvgIpc) is 3.13. The number of fused-ring (bicyclic) bond motifs is 1. The first kappa shape index (κ1) is 19.5. The Hall–Kier alpha value is -3.30. The molecule has 0 unspecified atom stereocenters. The van der Waals surface area contributed by atoms with Crippen LogP contribution in [-0.2, 0) is 0 Å². The third-order valence-electron chi connectivity index (χ3n) is 4.08. The lowest BCUT2D eigenvalue weighted by molar-refractivity contribution is -0.115. The summed E-state index contributed by atoms with van der Waals surface area (Å²) in [4.78, 5) is 25.0. The van der Waals surface area contributed by atoms with Crippen molar-refractivity contribution in [2.75, 3.05) is 30.8 Å². The standard InChI is InChI=1S/C18H19F3N6O/c1-3-27(2)16(28)11-4-6-12(7-5-11)24-17-25-14-13(8-9-22-14)15(26-17)23-10-18(19,20)21/h4-9H,3,10H2,1-2H3,(H3,22,23,24,25,26). The number of aromatic nitrogens is 3. The topological polar surface area (TPSA) is 85.9 Å². The maximum atomic E-state index is 12.5. The number of halogens is 3. The first-order chi connectivity index (χ1) is 13.3. The molecule has 10 heteroatoms. The minimum atomic E-state index is -4.37. The van der Waals surface area contributed by atoms with Gasteiger partial charge < -0.3 is 20.5 Å². The molecule has 0 aliphatic heterocycles. The molecule has 0 spiro atoms. The number of carbonyl (C=O) groups excluding carboxylic acids is 1. The van der Waals surface area contributed by atoms with E-state index in [1.807, 2.05) is 6.92 Å². The number of hydrogen-bond donors (Lipinski definition) is 3. The van der Waals surface area contributed by atoms with Gasteiger partial charge in [-0.1, -0.05) is 0 Å². The van der Waals surface area contributed by atoms with Gasteiger partial charge in [0.25, 0.3) is 5.91 Å². The van der Waals surface area contributed by atoms with E-state index >= 15 is 0 Å². The molecular weight excluding hydrogens is 373 g/mol. The molecule has 3 N–H and O–H groups in total. The van der Waals surface area contributed by atoms with Gasteiger partial charge >= 0.3 is 6.18 Å². The van der Waals surface area contributed by atoms with Gasteiger partial charge in [0.05, 0.1) is 5.39 Å². The molecule has 0 aliphatic rings. The smallest absolute Gasteiger partial charge is 0.360 e. The zero-order valence-electron chi connectivity index (χ0n) is 15.3. The molecule has 0 saturated carbocycles. The first-order valence-electron chi connectivity index (χ1n) is 8.55. The molecule has 0 atom stereocenters. The normalized spacial score (nSPS) is 11.5. The van der Waals surface area contributed by atoms with Crippen molar-refractivity contribution in [3.05, 3.63) is 42.1 Å². The number of anilines is 3. The number of aromatic amines is 1. The summed E-state index contributed by atoms with van der Waals surface area (Å²) < 4.78 is 37.6. The summed E-state index contributed by atoms with van der Waals surface area (Å²) >= 11 is 0. The lowest BCUT2D eigenvalue weighted by atomic mass is 10.2. The van der Waals surface area contributed by atoms with E-state index in [4.69, 9.17) is 0 Å². The Bertz CT molecular complexity index is 968. The van der Waals surface area contributed by atoms with Crippen molar-refractivity contribution in [3.8, 4) is 0 Å². The fourth-order valence-electron chi connectivity index (χ4n) is 2.51. The molecule has 1 amide bonds. The molecule has 148 valence electrons. The zero-order chi connectivity index (χ0) is 20.3. The van der Waals surface area contributed by atoms with Gasteiger partial charge in [0.1, 0.15) is 18.0 Å². The number of nitrogens with zero attached hydrogens (tertiary/aromatic N) is 3. The van der Waals surface area contributed by atoms with E-state index in [2.05, 4.69) is 25.6 Å². The molecule has 3 aromatic rings. The Kier molecular flexibility index (Phi) is 5.39. The van der Waals surface area contributed by atoms with Crippen LogP contribution >= 0.6 is 0 Å². The highest BCUT2D eigenvalue weighted by Gasteiger charge is 2.27. The largest absolute Gasteiger partial charge is 0.405 e. The van der Waals surface area contributed by atoms with Crippen molar-refractivity contribution in [2.45, 2.75) is 13.1 Å². The highest BCUT2D eigenvalue weighted by atomic mass is 19.4. The predicted octanol–water partition coefficient (Wildman–Crippen LogP) is 3.77. The van der Waals surface area contributed by atoms with Crippen LogP contribution in [0.2, 0.25) is 0 Å². The molecule has 0 radical (unpaired) electrons. The SMILES string of the molecule is CCN(C)C(=O)c1ccc(Nc2nc(NCC(F)(F)F)c3cc[nH]c3n2)cc1. The van der Waals surface area contributed by atoms with E-state index < -0.39 is 12.7 Å². The van der Waals surface area contributed by atoms with Gasteiger partial charge in [-0.2, -0.15) is 23.1 Å². The van der Waals surface area contributed by atoms with Crippen molar-refractivity contribution < 1.29 is 18.0 Å². The zero-order valence-corrected chi connectivity index (χ0v) is 15.3. The maximum absolute atomic E-state index is 12.5. The Labute approximate surface area is 159 Å². The van der Waals surface area contributed by atoms with Gasteiger partial charge in [0, 0.05) is 31.0 Å². The Morgan fingerprint density at radius 3 is 2.54 bits per heavy atom. The molecule has 28 heavy (non-hydrogen) atoms. The number of nitrogens with one attached hydrogen (secondary N) is 3. The van der Waals surface area contributed by atoms with Gasteiger partial charge in [0.2, 0.25) is 5.95 Å². The Morgan fingerprint density at radius 1 is 1.18 bits per heavy atom. The van der Waals surface area contributed by atoms with Crippen molar-refractivity contribution >= 4 is 34.4 Å². The van der Waals surface area contributed by atoms with Crippen LogP contribution < -0.4 is 10.6 Å². The second kappa shape index (κ2) is 7.75. The number of rotatable bonds is 6. The highest BCUT2D eigenvalue weighted by molar-refractivity contribution is 5.94. The van der Waals surface area contributed by atoms with Crippen LogP contribution in [0.25, 0.3) is 11.0 Å². The minimum absolute atomic E-state index is 0.0717. The average molecular weight is 392 g/mol. The summed E-state index contributed by atoms with van der Waals surface area (Å²) in [6.07, 6.45) is -2.79. The summed E-state index contributed by atoms with van der Waals surface area (Å²) in [6.45, 7) is 1.27. The van der Waals surface area contributed by atoms with Crippen LogP contribution in [0.3, 0.4) is 0 Å². The summed E-state index contributed by atoms with van der Waals surface area (Å²) in [5.74, 6) is 0.101. The third-order valence-corrected chi connectivity index (χ3v) is 4.08. The Morgan fingerprint density at radius 2 is 1.89 bits per heavy atom. The predicted molar refractivity (Wildman–Crippen MR) is 101 cm³/mol. The van der Waals surface area contributed by atoms with Gasteiger partial charge in [-0.3, -0.25) is 4.79 Å². The van der Waals surface area contributed by atoms with Crippen LogP contribution in [0.15, 0.2) is 36.5 Å². The van der Waals surface area contributed by atoms with Crippen LogP contribution in [0.4, 0.5) is 30.6 Å². The monoisotopic (exact) mass is 392 g/mol. The van der Waals surface area contributed by atoms with E-state index in [0.29, 0.717) is 28.8 Å². The minimum Gasteiger partial charge on any atom is -0.360 e. The molecule has 7 nitrogen and oxygen atoms in total. The molecule has 3 rings (SSSR count). The number of alkyl halides is 3. The lowest BCUT2D eigenvalue weighted by Gasteiger charge is -2.15. The quantitative estimate of drug-likeness (QED) is 0.595. The summed E-state index contributed by atoms with van der Waals surface area (Å²) in [5.41, 5.74) is 1.53. The molecule has 0 bridgehead atoms. The summed E-state index contributed by atoms with van der Waals surface area (Å²) in [5, 5.41) is 5.70. The van der Waals surface area contributed by atoms with Crippen LogP contribution in [0.5, 0.6) is 0 Å². The number of carbonyl (C=O) groups is 1. The van der Waals surface area contributed by atoms with Gasteiger partial charge in [-0.05, 0) is 37.3 Å². The first-order valence-corrected chi connectivity index (χ1v) is 8.55. The molecule has 0 aliphatic carbocycles. The molecule has 0 fully saturated rings. The fraction of sp³-hybridized carbons (Fsp3) is 0.278. The second-order valence-corrected chi connectivity index (χ2v) is 6.13. The second-order valence-electron chi connectivity index (χ2n) is 6.13. The van der Waals surface area contributed by atoms with E-state index in [9.17, 15) is 18.0 Å². The molecular formula is C18H19F3N6O. The van der Waals surface area contributed by atoms with E-state index in [1.165, 1.54) is 0 Å². The van der Waals surface area contributed by atoms with Crippen LogP contribution in [0.1, 0.15) is 17.3 Å². The summed E-state index contributed by atoms with van der Waals surface area (Å²) in [6, 6.07) is 8.28. The van der Waals surface area contributed by atoms with E-state index in [0.717, 1.165) is 0 Å². The Balaban J connectivity index is 1.81. The van der Waals surface area contributed by atoms with Crippen LogP contribution in [0, 0.1) is 0 Å². The number of hydrogen-bond acceptors (Lipinski definition) is 5. The summed E-state index contributed by atoms with van der Waals surface area (Å²) in [7, 11) is 1.71. The molecule has 0 saturated heterocycles. The molecule has 2 aromatic heterocycles. The van der Waals surface area contributed by atoms with Crippen molar-refractivity contribution in [1.82, 2.24) is 19.9 Å². The maximum Gasteiger partial charge on any atom is 0.405 e. The van der Waals surface area contributed by atoms with Gasteiger partial charge in [-0.25, -0.2) is 0 Å². The van der Waals surface area contributed by atoms with E-state index in [-0.39, 0.29) is 17.7 Å². The molecule has 2 heterocycles.